The highest BCUT2D eigenvalue weighted by atomic mass is 35.5. The monoisotopic (exact) mass is 353 g/mol. The minimum Gasteiger partial charge on any atom is -0.353 e. The zero-order chi connectivity index (χ0) is 17.4. The maximum Gasteiger partial charge on any atom is 0.132 e. The molecule has 0 amide bonds. The quantitative estimate of drug-likeness (QED) is 0.704. The minimum atomic E-state index is 0.753. The molecule has 1 aliphatic rings. The Labute approximate surface area is 152 Å². The summed E-state index contributed by atoms with van der Waals surface area (Å²) in [6.07, 6.45) is 1.82. The van der Waals surface area contributed by atoms with Gasteiger partial charge in [-0.1, -0.05) is 17.7 Å². The Morgan fingerprint density at radius 3 is 2.20 bits per heavy atom. The minimum absolute atomic E-state index is 0.753. The first-order chi connectivity index (χ1) is 12.1. The zero-order valence-corrected chi connectivity index (χ0v) is 15.2. The Hall–Kier alpha value is -2.40. The van der Waals surface area contributed by atoms with E-state index in [1.807, 2.05) is 31.3 Å². The number of rotatable bonds is 2. The molecule has 0 radical (unpaired) electrons. The Morgan fingerprint density at radius 1 is 0.840 bits per heavy atom. The normalized spacial score (nSPS) is 15.0. The van der Waals surface area contributed by atoms with Gasteiger partial charge in [0.15, 0.2) is 0 Å². The van der Waals surface area contributed by atoms with Crippen LogP contribution >= 0.6 is 11.6 Å². The van der Waals surface area contributed by atoms with E-state index >= 15 is 0 Å². The lowest BCUT2D eigenvalue weighted by Crippen LogP contribution is -2.47. The Balaban J connectivity index is 1.54. The van der Waals surface area contributed by atoms with Crippen LogP contribution in [0.15, 0.2) is 36.5 Å². The molecule has 0 spiro atoms. The largest absolute Gasteiger partial charge is 0.353 e. The van der Waals surface area contributed by atoms with Crippen molar-refractivity contribution in [1.82, 2.24) is 15.0 Å². The molecule has 128 valence electrons. The van der Waals surface area contributed by atoms with Crippen LogP contribution in [0.3, 0.4) is 0 Å². The molecule has 25 heavy (non-hydrogen) atoms. The van der Waals surface area contributed by atoms with Gasteiger partial charge in [0.2, 0.25) is 0 Å². The van der Waals surface area contributed by atoms with Gasteiger partial charge in [0.1, 0.15) is 17.5 Å². The van der Waals surface area contributed by atoms with E-state index in [9.17, 15) is 0 Å². The lowest BCUT2D eigenvalue weighted by atomic mass is 10.1. The highest BCUT2D eigenvalue weighted by molar-refractivity contribution is 6.35. The first-order valence-corrected chi connectivity index (χ1v) is 8.85. The van der Waals surface area contributed by atoms with Gasteiger partial charge >= 0.3 is 0 Å². The lowest BCUT2D eigenvalue weighted by Gasteiger charge is -2.36. The number of benzene rings is 1. The van der Waals surface area contributed by atoms with Gasteiger partial charge in [0.25, 0.3) is 0 Å². The molecule has 6 heteroatoms. The van der Waals surface area contributed by atoms with Gasteiger partial charge in [0.05, 0.1) is 5.52 Å². The molecule has 0 atom stereocenters. The zero-order valence-electron chi connectivity index (χ0n) is 14.4. The van der Waals surface area contributed by atoms with Crippen LogP contribution in [0.4, 0.5) is 11.6 Å². The van der Waals surface area contributed by atoms with Crippen molar-refractivity contribution in [1.29, 1.82) is 0 Å². The van der Waals surface area contributed by atoms with E-state index in [0.29, 0.717) is 0 Å². The Morgan fingerprint density at radius 2 is 1.52 bits per heavy atom. The molecule has 0 unspecified atom stereocenters. The molecule has 1 fully saturated rings. The molecule has 0 bridgehead atoms. The van der Waals surface area contributed by atoms with E-state index in [4.69, 9.17) is 16.6 Å². The van der Waals surface area contributed by atoms with E-state index < -0.39 is 0 Å². The maximum absolute atomic E-state index is 6.29. The second-order valence-corrected chi connectivity index (χ2v) is 6.77. The van der Waals surface area contributed by atoms with E-state index in [2.05, 4.69) is 38.8 Å². The fourth-order valence-corrected chi connectivity index (χ4v) is 3.49. The van der Waals surface area contributed by atoms with E-state index in [0.717, 1.165) is 65.1 Å². The molecule has 0 aliphatic carbocycles. The first-order valence-electron chi connectivity index (χ1n) is 8.47. The van der Waals surface area contributed by atoms with Crippen molar-refractivity contribution in [2.24, 2.45) is 0 Å². The number of hydrogen-bond donors (Lipinski definition) is 0. The molecule has 3 heterocycles. The summed E-state index contributed by atoms with van der Waals surface area (Å²) in [5.74, 6) is 2.82. The first kappa shape index (κ1) is 16.1. The maximum atomic E-state index is 6.29. The standard InChI is InChI=1S/C19H20ClN5/c1-13-3-5-16(20)15-4-6-17(23-19(13)15)24-9-11-25(12-10-24)18-7-8-21-14(2)22-18/h3-8H,9-12H2,1-2H3. The van der Waals surface area contributed by atoms with Gasteiger partial charge in [-0.15, -0.1) is 0 Å². The number of piperazine rings is 1. The number of fused-ring (bicyclic) bond motifs is 1. The number of hydrogen-bond acceptors (Lipinski definition) is 5. The molecule has 2 aromatic heterocycles. The Bertz CT molecular complexity index is 919. The van der Waals surface area contributed by atoms with Gasteiger partial charge in [-0.2, -0.15) is 0 Å². The van der Waals surface area contributed by atoms with Crippen LogP contribution in [-0.4, -0.2) is 41.1 Å². The molecule has 4 rings (SSSR count). The second-order valence-electron chi connectivity index (χ2n) is 6.37. The van der Waals surface area contributed by atoms with Crippen molar-refractivity contribution in [2.75, 3.05) is 36.0 Å². The topological polar surface area (TPSA) is 45.2 Å². The van der Waals surface area contributed by atoms with Crippen LogP contribution in [0, 0.1) is 13.8 Å². The summed E-state index contributed by atoms with van der Waals surface area (Å²) in [7, 11) is 0. The fraction of sp³-hybridized carbons (Fsp3) is 0.316. The third-order valence-electron chi connectivity index (χ3n) is 4.68. The SMILES string of the molecule is Cc1nccc(N2CCN(c3ccc4c(Cl)ccc(C)c4n3)CC2)n1. The van der Waals surface area contributed by atoms with Crippen LogP contribution in [-0.2, 0) is 0 Å². The lowest BCUT2D eigenvalue weighted by molar-refractivity contribution is 0.641. The van der Waals surface area contributed by atoms with Gasteiger partial charge in [-0.25, -0.2) is 15.0 Å². The van der Waals surface area contributed by atoms with Crippen LogP contribution in [0.1, 0.15) is 11.4 Å². The summed E-state index contributed by atoms with van der Waals surface area (Å²) in [5.41, 5.74) is 2.13. The van der Waals surface area contributed by atoms with E-state index in [1.165, 1.54) is 0 Å². The molecular weight excluding hydrogens is 334 g/mol. The summed E-state index contributed by atoms with van der Waals surface area (Å²) >= 11 is 6.29. The van der Waals surface area contributed by atoms with Crippen LogP contribution < -0.4 is 9.80 Å². The second kappa shape index (κ2) is 6.48. The molecule has 0 saturated carbocycles. The van der Waals surface area contributed by atoms with Crippen molar-refractivity contribution in [3.8, 4) is 0 Å². The highest BCUT2D eigenvalue weighted by Crippen LogP contribution is 2.28. The summed E-state index contributed by atoms with van der Waals surface area (Å²) in [6, 6.07) is 10.1. The van der Waals surface area contributed by atoms with Crippen molar-refractivity contribution in [2.45, 2.75) is 13.8 Å². The number of aromatic nitrogens is 3. The number of anilines is 2. The van der Waals surface area contributed by atoms with E-state index in [-0.39, 0.29) is 0 Å². The fourth-order valence-electron chi connectivity index (χ4n) is 3.27. The molecule has 1 saturated heterocycles. The molecule has 0 N–H and O–H groups in total. The van der Waals surface area contributed by atoms with Crippen LogP contribution in [0.25, 0.3) is 10.9 Å². The van der Waals surface area contributed by atoms with Crippen molar-refractivity contribution < 1.29 is 0 Å². The predicted octanol–water partition coefficient (Wildman–Crippen LogP) is 3.62. The van der Waals surface area contributed by atoms with Crippen LogP contribution in [0.2, 0.25) is 5.02 Å². The average molecular weight is 354 g/mol. The summed E-state index contributed by atoms with van der Waals surface area (Å²) < 4.78 is 0. The Kier molecular flexibility index (Phi) is 4.17. The number of pyridine rings is 1. The van der Waals surface area contributed by atoms with E-state index in [1.54, 1.807) is 0 Å². The molecular formula is C19H20ClN5. The third-order valence-corrected chi connectivity index (χ3v) is 5.01. The number of halogens is 1. The van der Waals surface area contributed by atoms with Crippen LogP contribution in [0.5, 0.6) is 0 Å². The molecule has 1 aromatic carbocycles. The number of nitrogens with zero attached hydrogens (tertiary/aromatic N) is 5. The molecule has 5 nitrogen and oxygen atoms in total. The summed E-state index contributed by atoms with van der Waals surface area (Å²) in [6.45, 7) is 7.68. The third kappa shape index (κ3) is 3.12. The summed E-state index contributed by atoms with van der Waals surface area (Å²) in [4.78, 5) is 18.2. The number of aryl methyl sites for hydroxylation is 2. The molecule has 1 aliphatic heterocycles. The van der Waals surface area contributed by atoms with Gasteiger partial charge in [-0.3, -0.25) is 0 Å². The van der Waals surface area contributed by atoms with Crippen molar-refractivity contribution in [3.05, 3.63) is 52.9 Å². The molecule has 3 aromatic rings. The average Bonchev–Trinajstić information content (AvgIpc) is 2.65. The summed E-state index contributed by atoms with van der Waals surface area (Å²) in [5, 5.41) is 1.77. The van der Waals surface area contributed by atoms with Crippen molar-refractivity contribution in [3.63, 3.8) is 0 Å². The van der Waals surface area contributed by atoms with Gasteiger partial charge in [-0.05, 0) is 43.7 Å². The highest BCUT2D eigenvalue weighted by Gasteiger charge is 2.20. The smallest absolute Gasteiger partial charge is 0.132 e. The van der Waals surface area contributed by atoms with Gasteiger partial charge < -0.3 is 9.80 Å². The van der Waals surface area contributed by atoms with Crippen molar-refractivity contribution >= 4 is 34.1 Å². The predicted molar refractivity (Wildman–Crippen MR) is 103 cm³/mol. The van der Waals surface area contributed by atoms with Gasteiger partial charge in [0, 0.05) is 42.8 Å².